The Balaban J connectivity index is 2.41. The van der Waals surface area contributed by atoms with E-state index in [1.54, 1.807) is 12.1 Å². The first-order chi connectivity index (χ1) is 8.50. The monoisotopic (exact) mass is 249 g/mol. The zero-order valence-electron chi connectivity index (χ0n) is 11.2. The van der Waals surface area contributed by atoms with Crippen molar-refractivity contribution in [2.75, 3.05) is 11.4 Å². The highest BCUT2D eigenvalue weighted by Crippen LogP contribution is 2.32. The number of para-hydroxylation sites is 1. The molecule has 1 aliphatic rings. The summed E-state index contributed by atoms with van der Waals surface area (Å²) in [4.78, 5) is 13.7. The van der Waals surface area contributed by atoms with Gasteiger partial charge in [0.05, 0.1) is 5.69 Å². The summed E-state index contributed by atoms with van der Waals surface area (Å²) in [6, 6.07) is 5.04. The van der Waals surface area contributed by atoms with Crippen molar-refractivity contribution in [1.82, 2.24) is 0 Å². The third-order valence-electron chi connectivity index (χ3n) is 3.79. The third kappa shape index (κ3) is 2.40. The lowest BCUT2D eigenvalue weighted by Crippen LogP contribution is -2.41. The van der Waals surface area contributed by atoms with Gasteiger partial charge in [-0.1, -0.05) is 13.0 Å². The zero-order chi connectivity index (χ0) is 13.3. The van der Waals surface area contributed by atoms with Gasteiger partial charge in [-0.3, -0.25) is 4.79 Å². The number of benzene rings is 1. The summed E-state index contributed by atoms with van der Waals surface area (Å²) < 4.78 is 14.1. The first-order valence-electron chi connectivity index (χ1n) is 6.56. The Bertz CT molecular complexity index is 458. The second kappa shape index (κ2) is 5.09. The summed E-state index contributed by atoms with van der Waals surface area (Å²) in [6.07, 6.45) is 2.10. The van der Waals surface area contributed by atoms with E-state index in [9.17, 15) is 9.18 Å². The van der Waals surface area contributed by atoms with E-state index in [2.05, 4.69) is 13.8 Å². The van der Waals surface area contributed by atoms with Crippen LogP contribution in [0.2, 0.25) is 0 Å². The van der Waals surface area contributed by atoms with Crippen molar-refractivity contribution in [3.05, 3.63) is 29.6 Å². The summed E-state index contributed by atoms with van der Waals surface area (Å²) in [6.45, 7) is 6.64. The first kappa shape index (κ1) is 13.1. The van der Waals surface area contributed by atoms with Gasteiger partial charge in [0.25, 0.3) is 0 Å². The normalized spacial score (nSPS) is 24.1. The minimum atomic E-state index is -0.288. The Morgan fingerprint density at radius 2 is 2.11 bits per heavy atom. The minimum Gasteiger partial charge on any atom is -0.366 e. The van der Waals surface area contributed by atoms with Crippen molar-refractivity contribution in [2.45, 2.75) is 39.7 Å². The molecule has 0 bridgehead atoms. The molecular formula is C15H20FNO. The number of hydrogen-bond donors (Lipinski definition) is 0. The molecule has 0 saturated carbocycles. The molecule has 0 radical (unpaired) electrons. The molecule has 0 spiro atoms. The number of carbonyl (C=O) groups is 1. The Hall–Kier alpha value is -1.38. The van der Waals surface area contributed by atoms with Crippen LogP contribution in [0.1, 0.15) is 44.0 Å². The van der Waals surface area contributed by atoms with E-state index in [4.69, 9.17) is 0 Å². The summed E-state index contributed by atoms with van der Waals surface area (Å²) >= 11 is 0. The van der Waals surface area contributed by atoms with Gasteiger partial charge in [0.2, 0.25) is 0 Å². The molecule has 2 unspecified atom stereocenters. The average molecular weight is 249 g/mol. The lowest BCUT2D eigenvalue weighted by atomic mass is 9.92. The van der Waals surface area contributed by atoms with Crippen LogP contribution in [0.3, 0.4) is 0 Å². The van der Waals surface area contributed by atoms with Gasteiger partial charge < -0.3 is 4.90 Å². The molecule has 1 fully saturated rings. The molecule has 2 rings (SSSR count). The maximum absolute atomic E-state index is 14.1. The molecule has 2 atom stereocenters. The fraction of sp³-hybridized carbons (Fsp3) is 0.533. The summed E-state index contributed by atoms with van der Waals surface area (Å²) in [5.74, 6) is 0.309. The zero-order valence-corrected chi connectivity index (χ0v) is 11.2. The van der Waals surface area contributed by atoms with Gasteiger partial charge in [-0.15, -0.1) is 0 Å². The van der Waals surface area contributed by atoms with E-state index in [0.717, 1.165) is 19.4 Å². The fourth-order valence-corrected chi connectivity index (χ4v) is 2.83. The van der Waals surface area contributed by atoms with Crippen LogP contribution in [0.5, 0.6) is 0 Å². The Morgan fingerprint density at radius 3 is 2.72 bits per heavy atom. The molecule has 0 N–H and O–H groups in total. The maximum Gasteiger partial charge on any atom is 0.161 e. The van der Waals surface area contributed by atoms with Crippen molar-refractivity contribution in [2.24, 2.45) is 5.92 Å². The number of Topliss-reactive ketones (excluding diaryl/α,β-unsaturated/α-hetero) is 1. The standard InChI is InChI=1S/C15H20FNO/c1-10-7-8-17(11(2)9-10)15-13(12(3)18)5-4-6-14(15)16/h4-6,10-11H,7-9H2,1-3H3. The van der Waals surface area contributed by atoms with Crippen LogP contribution in [0.25, 0.3) is 0 Å². The molecule has 0 amide bonds. The number of anilines is 1. The van der Waals surface area contributed by atoms with E-state index >= 15 is 0 Å². The van der Waals surface area contributed by atoms with Gasteiger partial charge in [-0.05, 0) is 44.7 Å². The number of halogens is 1. The summed E-state index contributed by atoms with van der Waals surface area (Å²) in [7, 11) is 0. The SMILES string of the molecule is CC(=O)c1cccc(F)c1N1CCC(C)CC1C. The van der Waals surface area contributed by atoms with E-state index in [1.165, 1.54) is 13.0 Å². The van der Waals surface area contributed by atoms with E-state index in [0.29, 0.717) is 17.2 Å². The molecule has 98 valence electrons. The number of nitrogens with zero attached hydrogens (tertiary/aromatic N) is 1. The van der Waals surface area contributed by atoms with E-state index in [1.807, 2.05) is 4.90 Å². The first-order valence-corrected chi connectivity index (χ1v) is 6.56. The van der Waals surface area contributed by atoms with Crippen molar-refractivity contribution < 1.29 is 9.18 Å². The Labute approximate surface area is 108 Å². The average Bonchev–Trinajstić information content (AvgIpc) is 2.29. The molecule has 1 saturated heterocycles. The minimum absolute atomic E-state index is 0.0738. The topological polar surface area (TPSA) is 20.3 Å². The van der Waals surface area contributed by atoms with Gasteiger partial charge in [0, 0.05) is 18.2 Å². The number of rotatable bonds is 2. The second-order valence-electron chi connectivity index (χ2n) is 5.36. The highest BCUT2D eigenvalue weighted by Gasteiger charge is 2.27. The maximum atomic E-state index is 14.1. The highest BCUT2D eigenvalue weighted by atomic mass is 19.1. The molecule has 1 aromatic carbocycles. The van der Waals surface area contributed by atoms with Gasteiger partial charge in [0.15, 0.2) is 5.78 Å². The molecule has 1 aromatic rings. The smallest absolute Gasteiger partial charge is 0.161 e. The number of piperidine rings is 1. The largest absolute Gasteiger partial charge is 0.366 e. The van der Waals surface area contributed by atoms with Crippen molar-refractivity contribution in [3.63, 3.8) is 0 Å². The van der Waals surface area contributed by atoms with Crippen LogP contribution in [0, 0.1) is 11.7 Å². The van der Waals surface area contributed by atoms with Crippen LogP contribution in [0.15, 0.2) is 18.2 Å². The predicted octanol–water partition coefficient (Wildman–Crippen LogP) is 3.65. The molecule has 18 heavy (non-hydrogen) atoms. The summed E-state index contributed by atoms with van der Waals surface area (Å²) in [5, 5.41) is 0. The lowest BCUT2D eigenvalue weighted by Gasteiger charge is -2.39. The van der Waals surface area contributed by atoms with Crippen LogP contribution in [-0.2, 0) is 0 Å². The van der Waals surface area contributed by atoms with E-state index < -0.39 is 0 Å². The molecule has 0 aliphatic carbocycles. The van der Waals surface area contributed by atoms with Gasteiger partial charge in [-0.2, -0.15) is 0 Å². The van der Waals surface area contributed by atoms with Gasteiger partial charge in [0.1, 0.15) is 5.82 Å². The second-order valence-corrected chi connectivity index (χ2v) is 5.36. The lowest BCUT2D eigenvalue weighted by molar-refractivity contribution is 0.101. The van der Waals surface area contributed by atoms with Gasteiger partial charge in [-0.25, -0.2) is 4.39 Å². The van der Waals surface area contributed by atoms with Crippen LogP contribution in [0.4, 0.5) is 10.1 Å². The number of ketones is 1. The fourth-order valence-electron chi connectivity index (χ4n) is 2.83. The van der Waals surface area contributed by atoms with Crippen molar-refractivity contribution in [1.29, 1.82) is 0 Å². The molecule has 1 heterocycles. The Morgan fingerprint density at radius 1 is 1.39 bits per heavy atom. The van der Waals surface area contributed by atoms with Crippen LogP contribution in [-0.4, -0.2) is 18.4 Å². The molecule has 1 aliphatic heterocycles. The quantitative estimate of drug-likeness (QED) is 0.746. The summed E-state index contributed by atoms with van der Waals surface area (Å²) in [5.41, 5.74) is 0.987. The Kier molecular flexibility index (Phi) is 3.69. The highest BCUT2D eigenvalue weighted by molar-refractivity contribution is 5.99. The van der Waals surface area contributed by atoms with Crippen LogP contribution >= 0.6 is 0 Å². The van der Waals surface area contributed by atoms with E-state index in [-0.39, 0.29) is 17.6 Å². The van der Waals surface area contributed by atoms with Crippen LogP contribution < -0.4 is 4.90 Å². The molecule has 0 aromatic heterocycles. The third-order valence-corrected chi connectivity index (χ3v) is 3.79. The molecular weight excluding hydrogens is 229 g/mol. The van der Waals surface area contributed by atoms with Crippen molar-refractivity contribution in [3.8, 4) is 0 Å². The van der Waals surface area contributed by atoms with Gasteiger partial charge >= 0.3 is 0 Å². The predicted molar refractivity (Wildman–Crippen MR) is 71.6 cm³/mol. The number of hydrogen-bond acceptors (Lipinski definition) is 2. The number of carbonyl (C=O) groups excluding carboxylic acids is 1. The molecule has 3 heteroatoms. The van der Waals surface area contributed by atoms with Crippen molar-refractivity contribution >= 4 is 11.5 Å². The molecule has 2 nitrogen and oxygen atoms in total.